The monoisotopic (exact) mass is 1040 g/mol. The Hall–Kier alpha value is -5.34. The molecule has 0 radical (unpaired) electrons. The fourth-order valence-corrected chi connectivity index (χ4v) is 7.41. The van der Waals surface area contributed by atoms with Gasteiger partial charge < -0.3 is 43.0 Å². The van der Waals surface area contributed by atoms with Crippen LogP contribution in [0.2, 0.25) is 0 Å². The molecule has 0 unspecified atom stereocenters. The summed E-state index contributed by atoms with van der Waals surface area (Å²) in [6, 6.07) is 26.7. The maximum atomic E-state index is 12.9. The van der Waals surface area contributed by atoms with Crippen molar-refractivity contribution in [2.75, 3.05) is 33.5 Å². The first-order valence-corrected chi connectivity index (χ1v) is 26.7. The Labute approximate surface area is 450 Å². The van der Waals surface area contributed by atoms with Gasteiger partial charge in [-0.25, -0.2) is 0 Å². The van der Waals surface area contributed by atoms with Crippen LogP contribution in [0.25, 0.3) is 0 Å². The molecule has 3 rings (SSSR count). The summed E-state index contributed by atoms with van der Waals surface area (Å²) in [5.74, 6) is -1.17. The molecule has 0 amide bonds. The Bertz CT molecular complexity index is 2080. The molecule has 0 aliphatic heterocycles. The summed E-state index contributed by atoms with van der Waals surface area (Å²) in [5, 5.41) is 9.98. The van der Waals surface area contributed by atoms with Gasteiger partial charge in [0.25, 0.3) is 0 Å². The Morgan fingerprint density at radius 2 is 0.933 bits per heavy atom. The molecule has 0 aliphatic carbocycles. The maximum Gasteiger partial charge on any atom is 0.312 e. The van der Waals surface area contributed by atoms with Crippen molar-refractivity contribution in [3.05, 3.63) is 126 Å². The quantitative estimate of drug-likeness (QED) is 0.0272. The minimum atomic E-state index is -0.763. The van der Waals surface area contributed by atoms with E-state index in [-0.39, 0.29) is 63.8 Å². The second-order valence-corrected chi connectivity index (χ2v) is 22.0. The number of aliphatic hydroxyl groups excluding tert-OH is 1. The first-order valence-electron chi connectivity index (χ1n) is 26.7. The second-order valence-electron chi connectivity index (χ2n) is 22.0. The summed E-state index contributed by atoms with van der Waals surface area (Å²) in [5.41, 5.74) is 1.56. The lowest BCUT2D eigenvalue weighted by atomic mass is 9.93. The molecule has 0 fully saturated rings. The zero-order valence-electron chi connectivity index (χ0n) is 47.5. The molecular formula is C62H92O13. The molecule has 0 heterocycles. The largest absolute Gasteiger partial charge is 0.497 e. The van der Waals surface area contributed by atoms with Crippen molar-refractivity contribution < 1.29 is 62.2 Å². The van der Waals surface area contributed by atoms with Gasteiger partial charge in [0.15, 0.2) is 0 Å². The third-order valence-corrected chi connectivity index (χ3v) is 11.7. The first kappa shape index (κ1) is 65.8. The number of aliphatic hydroxyl groups is 1. The van der Waals surface area contributed by atoms with Gasteiger partial charge in [0.05, 0.1) is 77.0 Å². The Morgan fingerprint density at radius 3 is 1.32 bits per heavy atom. The molecule has 75 heavy (non-hydrogen) atoms. The van der Waals surface area contributed by atoms with E-state index in [4.69, 9.17) is 37.9 Å². The number of carbonyl (C=O) groups is 4. The highest BCUT2D eigenvalue weighted by Gasteiger charge is 2.29. The Balaban J connectivity index is 0.000000529. The van der Waals surface area contributed by atoms with Gasteiger partial charge in [0.1, 0.15) is 30.2 Å². The summed E-state index contributed by atoms with van der Waals surface area (Å²) in [4.78, 5) is 50.4. The van der Waals surface area contributed by atoms with E-state index in [2.05, 4.69) is 40.7 Å². The van der Waals surface area contributed by atoms with E-state index in [1.165, 1.54) is 0 Å². The summed E-state index contributed by atoms with van der Waals surface area (Å²) >= 11 is 0. The van der Waals surface area contributed by atoms with E-state index in [9.17, 15) is 24.3 Å². The molecule has 3 aromatic carbocycles. The second kappa shape index (κ2) is 35.8. The van der Waals surface area contributed by atoms with Gasteiger partial charge in [-0.2, -0.15) is 0 Å². The molecule has 0 saturated heterocycles. The van der Waals surface area contributed by atoms with E-state index in [1.54, 1.807) is 55.6 Å². The summed E-state index contributed by atoms with van der Waals surface area (Å²) in [6.07, 6.45) is 11.3. The van der Waals surface area contributed by atoms with Crippen LogP contribution >= 0.6 is 0 Å². The predicted molar refractivity (Wildman–Crippen MR) is 294 cm³/mol. The molecule has 418 valence electrons. The average Bonchev–Trinajstić information content (AvgIpc) is 3.34. The number of benzene rings is 3. The van der Waals surface area contributed by atoms with E-state index in [0.29, 0.717) is 25.0 Å². The van der Waals surface area contributed by atoms with Crippen molar-refractivity contribution in [1.82, 2.24) is 0 Å². The maximum absolute atomic E-state index is 12.9. The Morgan fingerprint density at radius 1 is 0.533 bits per heavy atom. The number of rotatable bonds is 32. The molecule has 1 N–H and O–H groups in total. The Kier molecular flexibility index (Phi) is 31.4. The van der Waals surface area contributed by atoms with Gasteiger partial charge in [0.2, 0.25) is 0 Å². The van der Waals surface area contributed by atoms with Gasteiger partial charge in [-0.1, -0.05) is 138 Å². The van der Waals surface area contributed by atoms with Crippen LogP contribution in [-0.2, 0) is 72.2 Å². The molecule has 3 aromatic rings. The van der Waals surface area contributed by atoms with Crippen LogP contribution in [0.1, 0.15) is 138 Å². The predicted octanol–water partition coefficient (Wildman–Crippen LogP) is 12.4. The van der Waals surface area contributed by atoms with E-state index in [0.717, 1.165) is 48.1 Å². The van der Waals surface area contributed by atoms with Crippen molar-refractivity contribution in [1.29, 1.82) is 0 Å². The van der Waals surface area contributed by atoms with E-state index < -0.39 is 53.0 Å². The smallest absolute Gasteiger partial charge is 0.312 e. The third kappa shape index (κ3) is 32.0. The zero-order valence-corrected chi connectivity index (χ0v) is 47.5. The van der Waals surface area contributed by atoms with Crippen LogP contribution < -0.4 is 4.74 Å². The highest BCUT2D eigenvalue weighted by molar-refractivity contribution is 5.81. The summed E-state index contributed by atoms with van der Waals surface area (Å²) < 4.78 is 44.7. The van der Waals surface area contributed by atoms with Gasteiger partial charge in [0, 0.05) is 11.8 Å². The summed E-state index contributed by atoms with van der Waals surface area (Å²) in [7, 11) is 1.65. The van der Waals surface area contributed by atoms with Gasteiger partial charge >= 0.3 is 23.9 Å². The number of carbonyl (C=O) groups excluding carboxylic acids is 4. The van der Waals surface area contributed by atoms with Gasteiger partial charge in [-0.15, -0.1) is 0 Å². The highest BCUT2D eigenvalue weighted by atomic mass is 16.6. The van der Waals surface area contributed by atoms with E-state index >= 15 is 0 Å². The standard InChI is InChI=1S/C35H50O7.C27H42O6/c1-26(2)15-18-30(27(3)40-23-29-16-19-32(38-7)20-17-29)14-11-21-39-25-31(22-33(36)42-35(4,5)6)34(37)41-24-28-12-9-8-10-13-28;1-20(2)14-15-23(21(3)28)13-10-16-31-19-24(17-25(29)33-27(4,5)6)26(30)32-18-22-11-8-7-9-12-22/h8-14,16-17,19-20,26-27,30-31H,15,18,21-25H2,1-7H3;7-13,20-21,23-24,28H,14-19H2,1-6H3/b14-11+;13-10+/t27-,30-,31-;21-,23-,24-/m00/s1. The summed E-state index contributed by atoms with van der Waals surface area (Å²) in [6.45, 7) is 24.9. The molecule has 0 spiro atoms. The fourth-order valence-electron chi connectivity index (χ4n) is 7.41. The van der Waals surface area contributed by atoms with Gasteiger partial charge in [-0.05, 0) is 109 Å². The topological polar surface area (TPSA) is 162 Å². The lowest BCUT2D eigenvalue weighted by Crippen LogP contribution is -2.30. The molecule has 6 atom stereocenters. The van der Waals surface area contributed by atoms with Crippen molar-refractivity contribution >= 4 is 23.9 Å². The number of hydrogen-bond acceptors (Lipinski definition) is 13. The first-order chi connectivity index (χ1) is 35.4. The molecule has 13 heteroatoms. The number of hydrogen-bond donors (Lipinski definition) is 1. The van der Waals surface area contributed by atoms with E-state index in [1.807, 2.05) is 103 Å². The molecule has 0 saturated carbocycles. The molecule has 13 nitrogen and oxygen atoms in total. The molecule has 0 bridgehead atoms. The highest BCUT2D eigenvalue weighted by Crippen LogP contribution is 2.23. The minimum absolute atomic E-state index is 0.00924. The molecule has 0 aliphatic rings. The number of methoxy groups -OCH3 is 1. The van der Waals surface area contributed by atoms with Crippen LogP contribution in [0.3, 0.4) is 0 Å². The molecule has 0 aromatic heterocycles. The van der Waals surface area contributed by atoms with Crippen LogP contribution in [-0.4, -0.2) is 85.9 Å². The normalized spacial score (nSPS) is 14.3. The van der Waals surface area contributed by atoms with Crippen molar-refractivity contribution in [2.45, 2.75) is 165 Å². The van der Waals surface area contributed by atoms with Crippen LogP contribution in [0.4, 0.5) is 0 Å². The average molecular weight is 1050 g/mol. The van der Waals surface area contributed by atoms with Crippen LogP contribution in [0.15, 0.2) is 109 Å². The zero-order chi connectivity index (χ0) is 55.8. The SMILES string of the molecule is CC(C)CC[C@H](/C=C/COC[C@H](CC(=O)OC(C)(C)C)C(=O)OCc1ccccc1)[C@H](C)O.COc1ccc(CO[C@@H](C)[C@@H](/C=C/COC[C@H](CC(=O)OC(C)(C)C)C(=O)OCc2ccccc2)CCC(C)C)cc1. The number of ether oxygens (including phenoxy) is 8. The molecular weight excluding hydrogens is 953 g/mol. The van der Waals surface area contributed by atoms with Crippen molar-refractivity contribution in [3.63, 3.8) is 0 Å². The van der Waals surface area contributed by atoms with Crippen LogP contribution in [0.5, 0.6) is 5.75 Å². The van der Waals surface area contributed by atoms with Crippen molar-refractivity contribution in [3.8, 4) is 5.75 Å². The minimum Gasteiger partial charge on any atom is -0.497 e. The number of esters is 4. The lowest BCUT2D eigenvalue weighted by molar-refractivity contribution is -0.163. The fraction of sp³-hybridized carbons (Fsp3) is 0.581. The van der Waals surface area contributed by atoms with Crippen molar-refractivity contribution in [2.24, 2.45) is 35.5 Å². The van der Waals surface area contributed by atoms with Crippen LogP contribution in [0, 0.1) is 35.5 Å². The lowest BCUT2D eigenvalue weighted by Gasteiger charge is -2.23. The third-order valence-electron chi connectivity index (χ3n) is 11.7. The van der Waals surface area contributed by atoms with Gasteiger partial charge in [-0.3, -0.25) is 19.2 Å².